The Labute approximate surface area is 49.6 Å². The number of rotatable bonds is 3. The van der Waals surface area contributed by atoms with Crippen molar-refractivity contribution >= 4 is 0 Å². The smallest absolute Gasteiger partial charge is 0.0593 e. The summed E-state index contributed by atoms with van der Waals surface area (Å²) in [5, 5.41) is 1.66. The zero-order valence-corrected chi connectivity index (χ0v) is 5.01. The van der Waals surface area contributed by atoms with E-state index in [0.717, 1.165) is 12.5 Å². The molecule has 0 unspecified atom stereocenters. The molecule has 0 radical (unpaired) electrons. The van der Waals surface area contributed by atoms with E-state index < -0.39 is 0 Å². The van der Waals surface area contributed by atoms with E-state index >= 15 is 0 Å². The first-order valence-corrected chi connectivity index (χ1v) is 3.02. The molecule has 0 spiro atoms. The van der Waals surface area contributed by atoms with Gasteiger partial charge in [-0.05, 0) is 18.8 Å². The fourth-order valence-electron chi connectivity index (χ4n) is 0.707. The Morgan fingerprint density at radius 1 is 1.50 bits per heavy atom. The molecule has 4 N–H and O–H groups in total. The predicted octanol–water partition coefficient (Wildman–Crippen LogP) is -0.512. The maximum Gasteiger partial charge on any atom is 0.0593 e. The van der Waals surface area contributed by atoms with E-state index in [1.807, 2.05) is 0 Å². The van der Waals surface area contributed by atoms with Crippen LogP contribution < -0.4 is 11.6 Å². The molecule has 0 saturated heterocycles. The van der Waals surface area contributed by atoms with Crippen molar-refractivity contribution in [1.29, 1.82) is 0 Å². The predicted molar refractivity (Wildman–Crippen MR) is 32.7 cm³/mol. The topological polar surface area (TPSA) is 55.3 Å². The standard InChI is InChI=1S/C5H13N3/c6-4-8(7)3-5-1-2-5/h5H,1-4,6-7H2. The third-order valence-corrected chi connectivity index (χ3v) is 1.42. The van der Waals surface area contributed by atoms with Crippen LogP contribution >= 0.6 is 0 Å². The van der Waals surface area contributed by atoms with E-state index in [4.69, 9.17) is 11.6 Å². The largest absolute Gasteiger partial charge is 0.317 e. The molecule has 1 saturated carbocycles. The van der Waals surface area contributed by atoms with Gasteiger partial charge in [-0.25, -0.2) is 5.01 Å². The lowest BCUT2D eigenvalue weighted by Crippen LogP contribution is -2.37. The summed E-state index contributed by atoms with van der Waals surface area (Å²) in [5.74, 6) is 6.27. The van der Waals surface area contributed by atoms with Gasteiger partial charge in [-0.3, -0.25) is 5.84 Å². The van der Waals surface area contributed by atoms with Gasteiger partial charge in [0.05, 0.1) is 6.67 Å². The molecular formula is C5H13N3. The van der Waals surface area contributed by atoms with E-state index in [0.29, 0.717) is 6.67 Å². The van der Waals surface area contributed by atoms with Crippen LogP contribution in [0.4, 0.5) is 0 Å². The van der Waals surface area contributed by atoms with E-state index in [2.05, 4.69) is 0 Å². The van der Waals surface area contributed by atoms with Gasteiger partial charge in [-0.15, -0.1) is 0 Å². The van der Waals surface area contributed by atoms with Gasteiger partial charge in [-0.1, -0.05) is 0 Å². The van der Waals surface area contributed by atoms with Gasteiger partial charge in [0.25, 0.3) is 0 Å². The minimum Gasteiger partial charge on any atom is -0.317 e. The summed E-state index contributed by atoms with van der Waals surface area (Å²) in [6.45, 7) is 1.47. The zero-order chi connectivity index (χ0) is 5.98. The second-order valence-corrected chi connectivity index (χ2v) is 2.40. The average Bonchev–Trinajstić information content (AvgIpc) is 2.50. The van der Waals surface area contributed by atoms with Crippen molar-refractivity contribution in [3.05, 3.63) is 0 Å². The van der Waals surface area contributed by atoms with Crippen molar-refractivity contribution in [3.8, 4) is 0 Å². The Morgan fingerprint density at radius 2 is 2.12 bits per heavy atom. The summed E-state index contributed by atoms with van der Waals surface area (Å²) in [6, 6.07) is 0. The Hall–Kier alpha value is -0.120. The SMILES string of the molecule is NCN(N)CC1CC1. The lowest BCUT2D eigenvalue weighted by atomic mass is 10.4. The van der Waals surface area contributed by atoms with Gasteiger partial charge in [0.1, 0.15) is 0 Å². The molecule has 0 bridgehead atoms. The van der Waals surface area contributed by atoms with Crippen LogP contribution in [0.5, 0.6) is 0 Å². The van der Waals surface area contributed by atoms with Crippen LogP contribution in [0.25, 0.3) is 0 Å². The third kappa shape index (κ3) is 1.78. The molecule has 3 nitrogen and oxygen atoms in total. The Balaban J connectivity index is 1.98. The van der Waals surface area contributed by atoms with Crippen molar-refractivity contribution in [1.82, 2.24) is 5.01 Å². The molecule has 0 aliphatic heterocycles. The van der Waals surface area contributed by atoms with Crippen molar-refractivity contribution in [2.24, 2.45) is 17.5 Å². The van der Waals surface area contributed by atoms with Crippen LogP contribution in [0.15, 0.2) is 0 Å². The summed E-state index contributed by atoms with van der Waals surface area (Å²) in [6.07, 6.45) is 2.68. The van der Waals surface area contributed by atoms with Crippen molar-refractivity contribution in [2.45, 2.75) is 12.8 Å². The van der Waals surface area contributed by atoms with Crippen molar-refractivity contribution in [2.75, 3.05) is 13.2 Å². The molecule has 1 aliphatic rings. The van der Waals surface area contributed by atoms with E-state index in [1.54, 1.807) is 5.01 Å². The monoisotopic (exact) mass is 115 g/mol. The zero-order valence-electron chi connectivity index (χ0n) is 5.01. The quantitative estimate of drug-likeness (QED) is 0.296. The number of hydrogen-bond donors (Lipinski definition) is 2. The van der Waals surface area contributed by atoms with Gasteiger partial charge >= 0.3 is 0 Å². The van der Waals surface area contributed by atoms with Gasteiger partial charge in [0, 0.05) is 6.54 Å². The van der Waals surface area contributed by atoms with Crippen LogP contribution in [0.3, 0.4) is 0 Å². The fourth-order valence-corrected chi connectivity index (χ4v) is 0.707. The average molecular weight is 115 g/mol. The fraction of sp³-hybridized carbons (Fsp3) is 1.00. The third-order valence-electron chi connectivity index (χ3n) is 1.42. The van der Waals surface area contributed by atoms with E-state index in [9.17, 15) is 0 Å². The highest BCUT2D eigenvalue weighted by atomic mass is 15.4. The molecule has 1 rings (SSSR count). The molecule has 0 amide bonds. The first-order valence-electron chi connectivity index (χ1n) is 3.02. The minimum absolute atomic E-state index is 0.483. The maximum atomic E-state index is 5.42. The number of hydrazine groups is 1. The molecule has 3 heteroatoms. The Kier molecular flexibility index (Phi) is 1.83. The first kappa shape index (κ1) is 6.01. The molecule has 0 aromatic carbocycles. The second kappa shape index (κ2) is 2.44. The summed E-state index contributed by atoms with van der Waals surface area (Å²) in [5.41, 5.74) is 5.25. The lowest BCUT2D eigenvalue weighted by molar-refractivity contribution is 0.280. The molecule has 1 fully saturated rings. The van der Waals surface area contributed by atoms with Gasteiger partial charge in [0.2, 0.25) is 0 Å². The molecule has 0 heterocycles. The van der Waals surface area contributed by atoms with Crippen LogP contribution in [-0.2, 0) is 0 Å². The number of nitrogens with two attached hydrogens (primary N) is 2. The normalized spacial score (nSPS) is 19.9. The number of nitrogens with zero attached hydrogens (tertiary/aromatic N) is 1. The summed E-state index contributed by atoms with van der Waals surface area (Å²) < 4.78 is 0. The summed E-state index contributed by atoms with van der Waals surface area (Å²) in [4.78, 5) is 0. The van der Waals surface area contributed by atoms with Crippen LogP contribution in [0.1, 0.15) is 12.8 Å². The highest BCUT2D eigenvalue weighted by Crippen LogP contribution is 2.28. The molecule has 0 aromatic heterocycles. The molecular weight excluding hydrogens is 102 g/mol. The molecule has 1 aliphatic carbocycles. The molecule has 48 valence electrons. The second-order valence-electron chi connectivity index (χ2n) is 2.40. The molecule has 0 atom stereocenters. The van der Waals surface area contributed by atoms with Crippen LogP contribution in [0, 0.1) is 5.92 Å². The van der Waals surface area contributed by atoms with E-state index in [-0.39, 0.29) is 0 Å². The lowest BCUT2D eigenvalue weighted by Gasteiger charge is -2.10. The van der Waals surface area contributed by atoms with Crippen LogP contribution in [0.2, 0.25) is 0 Å². The van der Waals surface area contributed by atoms with Crippen molar-refractivity contribution < 1.29 is 0 Å². The van der Waals surface area contributed by atoms with Gasteiger partial charge < -0.3 is 5.73 Å². The minimum atomic E-state index is 0.483. The highest BCUT2D eigenvalue weighted by molar-refractivity contribution is 4.74. The Bertz CT molecular complexity index is 70.1. The summed E-state index contributed by atoms with van der Waals surface area (Å²) >= 11 is 0. The van der Waals surface area contributed by atoms with E-state index in [1.165, 1.54) is 12.8 Å². The van der Waals surface area contributed by atoms with Gasteiger partial charge in [0.15, 0.2) is 0 Å². The van der Waals surface area contributed by atoms with Crippen LogP contribution in [-0.4, -0.2) is 18.2 Å². The highest BCUT2D eigenvalue weighted by Gasteiger charge is 2.22. The van der Waals surface area contributed by atoms with Gasteiger partial charge in [-0.2, -0.15) is 0 Å². The molecule has 8 heavy (non-hydrogen) atoms. The molecule has 0 aromatic rings. The number of hydrogen-bond acceptors (Lipinski definition) is 3. The Morgan fingerprint density at radius 3 is 2.50 bits per heavy atom. The maximum absolute atomic E-state index is 5.42. The van der Waals surface area contributed by atoms with Crippen molar-refractivity contribution in [3.63, 3.8) is 0 Å². The summed E-state index contributed by atoms with van der Waals surface area (Å²) in [7, 11) is 0. The first-order chi connectivity index (χ1) is 3.83.